The number of hydrogen-bond donors (Lipinski definition) is 0. The average Bonchev–Trinajstić information content (AvgIpc) is 2.43. The number of ether oxygens (including phenoxy) is 1. The molecule has 104 valence electrons. The molecule has 0 radical (unpaired) electrons. The Labute approximate surface area is 119 Å². The molecule has 1 aliphatic heterocycles. The molecule has 1 atom stereocenters. The summed E-state index contributed by atoms with van der Waals surface area (Å²) >= 11 is 5.90. The molecule has 0 aromatic heterocycles. The van der Waals surface area contributed by atoms with Gasteiger partial charge in [-0.25, -0.2) is 0 Å². The first-order valence-electron chi connectivity index (χ1n) is 6.74. The molecule has 1 saturated heterocycles. The zero-order valence-corrected chi connectivity index (χ0v) is 12.0. The van der Waals surface area contributed by atoms with Crippen LogP contribution >= 0.6 is 11.6 Å². The lowest BCUT2D eigenvalue weighted by Gasteiger charge is -2.35. The van der Waals surface area contributed by atoms with Gasteiger partial charge in [0.25, 0.3) is 0 Å². The van der Waals surface area contributed by atoms with Gasteiger partial charge in [-0.15, -0.1) is 0 Å². The van der Waals surface area contributed by atoms with E-state index in [1.54, 1.807) is 0 Å². The van der Waals surface area contributed by atoms with Crippen molar-refractivity contribution in [3.05, 3.63) is 34.9 Å². The van der Waals surface area contributed by atoms with Crippen LogP contribution in [0.3, 0.4) is 0 Å². The summed E-state index contributed by atoms with van der Waals surface area (Å²) in [6.07, 6.45) is 3.96. The minimum absolute atomic E-state index is 0.118. The highest BCUT2D eigenvalue weighted by Crippen LogP contribution is 2.22. The highest BCUT2D eigenvalue weighted by atomic mass is 35.5. The Balaban J connectivity index is 1.99. The molecular formula is C15H20ClNO2. The third kappa shape index (κ3) is 4.22. The number of likely N-dealkylation sites (tertiary alicyclic amines) is 1. The van der Waals surface area contributed by atoms with Gasteiger partial charge >= 0.3 is 5.97 Å². The topological polar surface area (TPSA) is 29.5 Å². The van der Waals surface area contributed by atoms with Crippen LogP contribution in [0.5, 0.6) is 0 Å². The molecule has 1 aromatic rings. The van der Waals surface area contributed by atoms with Crippen LogP contribution in [0.1, 0.15) is 31.2 Å². The highest BCUT2D eigenvalue weighted by Gasteiger charge is 2.24. The van der Waals surface area contributed by atoms with E-state index >= 15 is 0 Å². The molecule has 1 aromatic carbocycles. The Morgan fingerprint density at radius 1 is 1.37 bits per heavy atom. The summed E-state index contributed by atoms with van der Waals surface area (Å²) < 4.78 is 4.78. The molecule has 0 N–H and O–H groups in total. The van der Waals surface area contributed by atoms with E-state index in [9.17, 15) is 4.79 Å². The van der Waals surface area contributed by atoms with Crippen LogP contribution in [-0.4, -0.2) is 30.6 Å². The number of piperidine rings is 1. The second kappa shape index (κ2) is 6.92. The third-order valence-electron chi connectivity index (χ3n) is 3.68. The molecule has 19 heavy (non-hydrogen) atoms. The summed E-state index contributed by atoms with van der Waals surface area (Å²) in [5.41, 5.74) is 1.24. The van der Waals surface area contributed by atoms with E-state index in [1.807, 2.05) is 24.3 Å². The number of esters is 1. The van der Waals surface area contributed by atoms with E-state index in [0.717, 1.165) is 24.5 Å². The van der Waals surface area contributed by atoms with Crippen LogP contribution in [0.4, 0.5) is 0 Å². The molecule has 0 aliphatic carbocycles. The van der Waals surface area contributed by atoms with Crippen molar-refractivity contribution < 1.29 is 9.53 Å². The fourth-order valence-electron chi connectivity index (χ4n) is 2.60. The van der Waals surface area contributed by atoms with Gasteiger partial charge in [0.2, 0.25) is 0 Å². The van der Waals surface area contributed by atoms with Crippen molar-refractivity contribution in [2.75, 3.05) is 13.7 Å². The molecule has 4 heteroatoms. The van der Waals surface area contributed by atoms with Gasteiger partial charge < -0.3 is 4.74 Å². The van der Waals surface area contributed by atoms with E-state index in [2.05, 4.69) is 4.90 Å². The molecule has 3 nitrogen and oxygen atoms in total. The Morgan fingerprint density at radius 3 is 2.79 bits per heavy atom. The first-order chi connectivity index (χ1) is 9.19. The molecule has 2 rings (SSSR count). The Bertz CT molecular complexity index is 419. The Hall–Kier alpha value is -1.06. The van der Waals surface area contributed by atoms with Crippen molar-refractivity contribution in [3.8, 4) is 0 Å². The number of carbonyl (C=O) groups excluding carboxylic acids is 1. The summed E-state index contributed by atoms with van der Waals surface area (Å²) in [5.74, 6) is -0.118. The molecule has 0 saturated carbocycles. The fraction of sp³-hybridized carbons (Fsp3) is 0.533. The van der Waals surface area contributed by atoms with Crippen molar-refractivity contribution in [1.29, 1.82) is 0 Å². The molecule has 1 aliphatic rings. The molecule has 0 spiro atoms. The fourth-order valence-corrected chi connectivity index (χ4v) is 2.73. The number of nitrogens with zero attached hydrogens (tertiary/aromatic N) is 1. The van der Waals surface area contributed by atoms with Crippen LogP contribution in [0.2, 0.25) is 5.02 Å². The first kappa shape index (κ1) is 14.4. The number of hydrogen-bond acceptors (Lipinski definition) is 3. The number of carbonyl (C=O) groups is 1. The maximum Gasteiger partial charge on any atom is 0.307 e. The highest BCUT2D eigenvalue weighted by molar-refractivity contribution is 6.30. The van der Waals surface area contributed by atoms with Crippen molar-refractivity contribution in [1.82, 2.24) is 4.90 Å². The SMILES string of the molecule is COC(=O)CC1CCCCN1Cc1ccc(Cl)cc1. The standard InChI is InChI=1S/C15H20ClNO2/c1-19-15(18)10-14-4-2-3-9-17(14)11-12-5-7-13(16)8-6-12/h5-8,14H,2-4,9-11H2,1H3. The Morgan fingerprint density at radius 2 is 2.11 bits per heavy atom. The second-order valence-corrected chi connectivity index (χ2v) is 5.46. The summed E-state index contributed by atoms with van der Waals surface area (Å²) in [7, 11) is 1.45. The summed E-state index contributed by atoms with van der Waals surface area (Å²) in [6, 6.07) is 8.22. The van der Waals surface area contributed by atoms with Crippen LogP contribution in [0.25, 0.3) is 0 Å². The predicted molar refractivity (Wildman–Crippen MR) is 76.1 cm³/mol. The summed E-state index contributed by atoms with van der Waals surface area (Å²) in [6.45, 7) is 1.92. The smallest absolute Gasteiger partial charge is 0.307 e. The van der Waals surface area contributed by atoms with Crippen LogP contribution < -0.4 is 0 Å². The van der Waals surface area contributed by atoms with Gasteiger partial charge in [-0.05, 0) is 37.1 Å². The number of benzene rings is 1. The molecule has 1 fully saturated rings. The molecule has 1 heterocycles. The number of rotatable bonds is 4. The van der Waals surface area contributed by atoms with Crippen LogP contribution in [0, 0.1) is 0 Å². The maximum absolute atomic E-state index is 11.5. The number of methoxy groups -OCH3 is 1. The maximum atomic E-state index is 11.5. The van der Waals surface area contributed by atoms with Crippen molar-refractivity contribution >= 4 is 17.6 Å². The van der Waals surface area contributed by atoms with E-state index in [-0.39, 0.29) is 5.97 Å². The van der Waals surface area contributed by atoms with Gasteiger partial charge in [0.05, 0.1) is 13.5 Å². The zero-order valence-electron chi connectivity index (χ0n) is 11.3. The minimum Gasteiger partial charge on any atom is -0.469 e. The van der Waals surface area contributed by atoms with E-state index < -0.39 is 0 Å². The van der Waals surface area contributed by atoms with Gasteiger partial charge in [-0.3, -0.25) is 9.69 Å². The lowest BCUT2D eigenvalue weighted by molar-refractivity contribution is -0.142. The lowest BCUT2D eigenvalue weighted by atomic mass is 9.98. The van der Waals surface area contributed by atoms with Gasteiger partial charge in [-0.2, -0.15) is 0 Å². The van der Waals surface area contributed by atoms with Gasteiger partial charge in [-0.1, -0.05) is 30.2 Å². The van der Waals surface area contributed by atoms with E-state index in [1.165, 1.54) is 25.5 Å². The predicted octanol–water partition coefficient (Wildman–Crippen LogP) is 3.26. The van der Waals surface area contributed by atoms with E-state index in [4.69, 9.17) is 16.3 Å². The molecule has 0 amide bonds. The van der Waals surface area contributed by atoms with Crippen LogP contribution in [0.15, 0.2) is 24.3 Å². The van der Waals surface area contributed by atoms with Gasteiger partial charge in [0.15, 0.2) is 0 Å². The summed E-state index contributed by atoms with van der Waals surface area (Å²) in [5, 5.41) is 0.758. The first-order valence-corrected chi connectivity index (χ1v) is 7.12. The van der Waals surface area contributed by atoms with Gasteiger partial charge in [0.1, 0.15) is 0 Å². The molecular weight excluding hydrogens is 262 g/mol. The monoisotopic (exact) mass is 281 g/mol. The zero-order chi connectivity index (χ0) is 13.7. The number of halogens is 1. The van der Waals surface area contributed by atoms with Crippen molar-refractivity contribution in [2.24, 2.45) is 0 Å². The average molecular weight is 282 g/mol. The van der Waals surface area contributed by atoms with Crippen molar-refractivity contribution in [2.45, 2.75) is 38.3 Å². The third-order valence-corrected chi connectivity index (χ3v) is 3.93. The minimum atomic E-state index is -0.118. The van der Waals surface area contributed by atoms with Crippen LogP contribution in [-0.2, 0) is 16.1 Å². The second-order valence-electron chi connectivity index (χ2n) is 5.03. The van der Waals surface area contributed by atoms with Gasteiger partial charge in [0, 0.05) is 17.6 Å². The quantitative estimate of drug-likeness (QED) is 0.794. The lowest BCUT2D eigenvalue weighted by Crippen LogP contribution is -2.40. The van der Waals surface area contributed by atoms with E-state index in [0.29, 0.717) is 12.5 Å². The largest absolute Gasteiger partial charge is 0.469 e. The molecule has 1 unspecified atom stereocenters. The Kier molecular flexibility index (Phi) is 5.23. The normalized spacial score (nSPS) is 20.2. The molecule has 0 bridgehead atoms. The summed E-state index contributed by atoms with van der Waals surface area (Å²) in [4.78, 5) is 13.8. The van der Waals surface area contributed by atoms with Crippen molar-refractivity contribution in [3.63, 3.8) is 0 Å².